The van der Waals surface area contributed by atoms with Gasteiger partial charge in [0.25, 0.3) is 0 Å². The van der Waals surface area contributed by atoms with Gasteiger partial charge in [0.2, 0.25) is 0 Å². The van der Waals surface area contributed by atoms with Crippen LogP contribution >= 0.6 is 0 Å². The first-order valence-corrected chi connectivity index (χ1v) is 14.5. The molecule has 2 aromatic heterocycles. The van der Waals surface area contributed by atoms with E-state index in [1.807, 2.05) is 0 Å². The average Bonchev–Trinajstić information content (AvgIpc) is 3.57. The molecule has 0 atom stereocenters. The van der Waals surface area contributed by atoms with E-state index in [4.69, 9.17) is 0 Å². The minimum Gasteiger partial charge on any atom is -0.309 e. The number of hydrogen-bond acceptors (Lipinski definition) is 0. The number of aromatic nitrogens is 2. The summed E-state index contributed by atoms with van der Waals surface area (Å²) in [4.78, 5) is 0. The molecule has 0 unspecified atom stereocenters. The Labute approximate surface area is 243 Å². The topological polar surface area (TPSA) is 9.86 Å². The molecule has 0 saturated heterocycles. The second-order valence-electron chi connectivity index (χ2n) is 11.0. The Morgan fingerprint density at radius 2 is 0.786 bits per heavy atom. The summed E-state index contributed by atoms with van der Waals surface area (Å²) in [5.74, 6) is 0. The summed E-state index contributed by atoms with van der Waals surface area (Å²) in [5.41, 5.74) is 9.71. The van der Waals surface area contributed by atoms with Crippen molar-refractivity contribution < 1.29 is 0 Å². The molecule has 9 rings (SSSR count). The van der Waals surface area contributed by atoms with Crippen molar-refractivity contribution >= 4 is 54.4 Å². The fraction of sp³-hybridized carbons (Fsp3) is 0. The van der Waals surface area contributed by atoms with Gasteiger partial charge in [0.05, 0.1) is 22.1 Å². The third kappa shape index (κ3) is 3.27. The van der Waals surface area contributed by atoms with E-state index in [0.717, 1.165) is 11.4 Å². The first-order chi connectivity index (χ1) is 20.9. The number of fused-ring (bicyclic) bond motifs is 7. The van der Waals surface area contributed by atoms with Crippen molar-refractivity contribution in [1.82, 2.24) is 9.13 Å². The Kier molecular flexibility index (Phi) is 4.93. The molecule has 0 aliphatic heterocycles. The highest BCUT2D eigenvalue weighted by molar-refractivity contribution is 6.21. The first kappa shape index (κ1) is 23.1. The number of nitrogens with zero attached hydrogens (tertiary/aromatic N) is 2. The van der Waals surface area contributed by atoms with E-state index in [-0.39, 0.29) is 0 Å². The molecule has 0 radical (unpaired) electrons. The van der Waals surface area contributed by atoms with Gasteiger partial charge in [-0.25, -0.2) is 0 Å². The van der Waals surface area contributed by atoms with Crippen LogP contribution in [0.5, 0.6) is 0 Å². The van der Waals surface area contributed by atoms with E-state index < -0.39 is 0 Å². The Morgan fingerprint density at radius 1 is 0.333 bits per heavy atom. The van der Waals surface area contributed by atoms with Crippen LogP contribution in [0.25, 0.3) is 76.9 Å². The second kappa shape index (κ2) is 8.95. The van der Waals surface area contributed by atoms with E-state index in [1.54, 1.807) is 0 Å². The van der Waals surface area contributed by atoms with Crippen molar-refractivity contribution in [3.8, 4) is 22.5 Å². The lowest BCUT2D eigenvalue weighted by Gasteiger charge is -2.15. The Hall–Kier alpha value is -5.60. The summed E-state index contributed by atoms with van der Waals surface area (Å²) < 4.78 is 4.83. The third-order valence-electron chi connectivity index (χ3n) is 8.69. The predicted octanol–water partition coefficient (Wildman–Crippen LogP) is 10.7. The lowest BCUT2D eigenvalue weighted by molar-refractivity contribution is 1.15. The van der Waals surface area contributed by atoms with Gasteiger partial charge in [0.1, 0.15) is 0 Å². The van der Waals surface area contributed by atoms with E-state index in [9.17, 15) is 0 Å². The lowest BCUT2D eigenvalue weighted by atomic mass is 9.95. The molecule has 0 aliphatic carbocycles. The van der Waals surface area contributed by atoms with Gasteiger partial charge in [0.15, 0.2) is 0 Å². The molecule has 2 nitrogen and oxygen atoms in total. The van der Waals surface area contributed by atoms with Crippen molar-refractivity contribution in [3.63, 3.8) is 0 Å². The molecular formula is C40H26N2. The van der Waals surface area contributed by atoms with Crippen LogP contribution in [0.4, 0.5) is 0 Å². The predicted molar refractivity (Wildman–Crippen MR) is 178 cm³/mol. The van der Waals surface area contributed by atoms with Crippen LogP contribution in [-0.2, 0) is 0 Å². The molecule has 0 aliphatic rings. The Morgan fingerprint density at radius 3 is 1.40 bits per heavy atom. The lowest BCUT2D eigenvalue weighted by Crippen LogP contribution is -1.98. The van der Waals surface area contributed by atoms with Crippen LogP contribution in [0.2, 0.25) is 0 Å². The fourth-order valence-electron chi connectivity index (χ4n) is 6.91. The van der Waals surface area contributed by atoms with Gasteiger partial charge in [-0.1, -0.05) is 109 Å². The fourth-order valence-corrected chi connectivity index (χ4v) is 6.91. The number of rotatable bonds is 3. The zero-order valence-electron chi connectivity index (χ0n) is 22.9. The first-order valence-electron chi connectivity index (χ1n) is 14.5. The maximum absolute atomic E-state index is 2.45. The van der Waals surface area contributed by atoms with Crippen molar-refractivity contribution in [2.24, 2.45) is 0 Å². The summed E-state index contributed by atoms with van der Waals surface area (Å²) in [6, 6.07) is 57.2. The zero-order valence-corrected chi connectivity index (χ0v) is 22.9. The highest BCUT2D eigenvalue weighted by Gasteiger charge is 2.19. The van der Waals surface area contributed by atoms with Crippen molar-refractivity contribution in [2.75, 3.05) is 0 Å². The number of para-hydroxylation sites is 3. The molecule has 2 heteroatoms. The van der Waals surface area contributed by atoms with Crippen molar-refractivity contribution in [3.05, 3.63) is 158 Å². The molecule has 2 heterocycles. The van der Waals surface area contributed by atoms with E-state index >= 15 is 0 Å². The minimum atomic E-state index is 1.15. The molecule has 7 aromatic carbocycles. The SMILES string of the molecule is c1ccc(-c2c3ccccc3cc3c4ccccc4n(-c4ccc(-n5c6ccccc6c6ccccc65)cc4)c23)cc1. The summed E-state index contributed by atoms with van der Waals surface area (Å²) in [6.45, 7) is 0. The van der Waals surface area contributed by atoms with Crippen LogP contribution in [0, 0.1) is 0 Å². The van der Waals surface area contributed by atoms with Crippen LogP contribution in [0.15, 0.2) is 158 Å². The summed E-state index contributed by atoms with van der Waals surface area (Å²) in [7, 11) is 0. The van der Waals surface area contributed by atoms with Crippen LogP contribution in [-0.4, -0.2) is 9.13 Å². The molecule has 196 valence electrons. The second-order valence-corrected chi connectivity index (χ2v) is 11.0. The van der Waals surface area contributed by atoms with Crippen LogP contribution in [0.3, 0.4) is 0 Å². The van der Waals surface area contributed by atoms with E-state index in [1.165, 1.54) is 65.5 Å². The quantitative estimate of drug-likeness (QED) is 0.213. The van der Waals surface area contributed by atoms with Gasteiger partial charge < -0.3 is 9.13 Å². The van der Waals surface area contributed by atoms with Gasteiger partial charge in [-0.3, -0.25) is 0 Å². The molecule has 42 heavy (non-hydrogen) atoms. The normalized spacial score (nSPS) is 11.8. The maximum atomic E-state index is 2.45. The molecule has 0 amide bonds. The smallest absolute Gasteiger partial charge is 0.0625 e. The van der Waals surface area contributed by atoms with E-state index in [0.29, 0.717) is 0 Å². The van der Waals surface area contributed by atoms with Gasteiger partial charge in [-0.2, -0.15) is 0 Å². The standard InChI is InChI=1S/C40H26N2/c1-2-12-27(13-3-1)39-31-15-5-4-14-28(31)26-35-34-18-8-11-21-38(34)42(40(35)39)30-24-22-29(23-25-30)41-36-19-9-6-16-32(36)33-17-7-10-20-37(33)41/h1-26H. The van der Waals surface area contributed by atoms with Gasteiger partial charge in [0, 0.05) is 38.5 Å². The largest absolute Gasteiger partial charge is 0.309 e. The molecule has 9 aromatic rings. The maximum Gasteiger partial charge on any atom is 0.0625 e. The Balaban J connectivity index is 1.35. The van der Waals surface area contributed by atoms with Gasteiger partial charge in [-0.15, -0.1) is 0 Å². The highest BCUT2D eigenvalue weighted by Crippen LogP contribution is 2.42. The van der Waals surface area contributed by atoms with Crippen LogP contribution < -0.4 is 0 Å². The summed E-state index contributed by atoms with van der Waals surface area (Å²) in [5, 5.41) is 7.62. The van der Waals surface area contributed by atoms with Gasteiger partial charge in [-0.05, 0) is 64.9 Å². The average molecular weight is 535 g/mol. The molecule has 0 saturated carbocycles. The monoisotopic (exact) mass is 534 g/mol. The minimum absolute atomic E-state index is 1.15. The molecule has 0 N–H and O–H groups in total. The summed E-state index contributed by atoms with van der Waals surface area (Å²) >= 11 is 0. The molecule has 0 bridgehead atoms. The molecule has 0 spiro atoms. The third-order valence-corrected chi connectivity index (χ3v) is 8.69. The van der Waals surface area contributed by atoms with Crippen molar-refractivity contribution in [1.29, 1.82) is 0 Å². The highest BCUT2D eigenvalue weighted by atomic mass is 15.0. The molecular weight excluding hydrogens is 508 g/mol. The number of benzene rings is 7. The summed E-state index contributed by atoms with van der Waals surface area (Å²) in [6.07, 6.45) is 0. The van der Waals surface area contributed by atoms with Crippen molar-refractivity contribution in [2.45, 2.75) is 0 Å². The molecule has 0 fully saturated rings. The van der Waals surface area contributed by atoms with Gasteiger partial charge >= 0.3 is 0 Å². The van der Waals surface area contributed by atoms with E-state index in [2.05, 4.69) is 167 Å². The van der Waals surface area contributed by atoms with Crippen LogP contribution in [0.1, 0.15) is 0 Å². The Bertz CT molecular complexity index is 2390. The zero-order chi connectivity index (χ0) is 27.6. The number of hydrogen-bond donors (Lipinski definition) is 0.